The summed E-state index contributed by atoms with van der Waals surface area (Å²) >= 11 is 0. The van der Waals surface area contributed by atoms with Crippen LogP contribution in [-0.2, 0) is 23.9 Å². The lowest BCUT2D eigenvalue weighted by Crippen LogP contribution is -2.59. The molecule has 5 aliphatic rings. The molecule has 4 aliphatic heterocycles. The maximum atomic E-state index is 13.7. The zero-order valence-corrected chi connectivity index (χ0v) is 16.9. The summed E-state index contributed by atoms with van der Waals surface area (Å²) in [5, 5.41) is 0. The van der Waals surface area contributed by atoms with Crippen LogP contribution in [-0.4, -0.2) is 47.4 Å². The zero-order valence-electron chi connectivity index (χ0n) is 16.9. The van der Waals surface area contributed by atoms with Crippen molar-refractivity contribution < 1.29 is 23.9 Å². The van der Waals surface area contributed by atoms with Crippen molar-refractivity contribution in [1.29, 1.82) is 0 Å². The summed E-state index contributed by atoms with van der Waals surface area (Å²) in [4.78, 5) is 40.7. The predicted molar refractivity (Wildman–Crippen MR) is 99.9 cm³/mol. The largest absolute Gasteiger partial charge is 0.460 e. The number of nitrogens with zero attached hydrogens (tertiary/aromatic N) is 1. The summed E-state index contributed by atoms with van der Waals surface area (Å²) in [5.74, 6) is -0.739. The first-order chi connectivity index (χ1) is 13.4. The molecule has 0 bridgehead atoms. The highest BCUT2D eigenvalue weighted by atomic mass is 16.6. The van der Waals surface area contributed by atoms with Crippen LogP contribution in [0.4, 0.5) is 0 Å². The lowest BCUT2D eigenvalue weighted by Gasteiger charge is -2.49. The van der Waals surface area contributed by atoms with Crippen molar-refractivity contribution in [2.75, 3.05) is 6.54 Å². The third-order valence-corrected chi connectivity index (χ3v) is 8.00. The van der Waals surface area contributed by atoms with E-state index in [0.717, 1.165) is 37.9 Å². The van der Waals surface area contributed by atoms with Crippen molar-refractivity contribution >= 4 is 17.7 Å². The molecule has 0 saturated carbocycles. The van der Waals surface area contributed by atoms with Crippen LogP contribution >= 0.6 is 0 Å². The monoisotopic (exact) mass is 387 g/mol. The lowest BCUT2D eigenvalue weighted by molar-refractivity contribution is -0.151. The highest BCUT2D eigenvalue weighted by molar-refractivity contribution is 5.98. The molecule has 4 heterocycles. The van der Waals surface area contributed by atoms with E-state index in [1.54, 1.807) is 0 Å². The first-order valence-corrected chi connectivity index (χ1v) is 10.9. The molecule has 1 spiro atoms. The van der Waals surface area contributed by atoms with E-state index in [-0.39, 0.29) is 47.8 Å². The second-order valence-corrected chi connectivity index (χ2v) is 9.29. The maximum absolute atomic E-state index is 13.7. The van der Waals surface area contributed by atoms with Gasteiger partial charge in [0.2, 0.25) is 0 Å². The Kier molecular flexibility index (Phi) is 3.95. The molecule has 3 saturated heterocycles. The number of rotatable bonds is 2. The molecule has 0 aromatic heterocycles. The van der Waals surface area contributed by atoms with E-state index < -0.39 is 11.3 Å². The average Bonchev–Trinajstić information content (AvgIpc) is 3.15. The van der Waals surface area contributed by atoms with E-state index >= 15 is 0 Å². The van der Waals surface area contributed by atoms with Gasteiger partial charge in [-0.05, 0) is 37.7 Å². The fourth-order valence-corrected chi connectivity index (χ4v) is 6.67. The molecule has 6 nitrogen and oxygen atoms in total. The Bertz CT molecular complexity index is 788. The number of ether oxygens (including phenoxy) is 2. The summed E-state index contributed by atoms with van der Waals surface area (Å²) in [6.07, 6.45) is 4.35. The van der Waals surface area contributed by atoms with Gasteiger partial charge in [-0.15, -0.1) is 0 Å². The first kappa shape index (κ1) is 18.2. The minimum Gasteiger partial charge on any atom is -0.460 e. The number of ketones is 1. The molecule has 0 radical (unpaired) electrons. The molecule has 0 aromatic rings. The predicted octanol–water partition coefficient (Wildman–Crippen LogP) is 2.61. The first-order valence-electron chi connectivity index (χ1n) is 10.9. The van der Waals surface area contributed by atoms with Crippen molar-refractivity contribution in [1.82, 2.24) is 4.90 Å². The maximum Gasteiger partial charge on any atom is 0.310 e. The van der Waals surface area contributed by atoms with Gasteiger partial charge in [0.15, 0.2) is 5.78 Å². The van der Waals surface area contributed by atoms with E-state index in [4.69, 9.17) is 9.47 Å². The Balaban J connectivity index is 1.65. The molecule has 7 atom stereocenters. The SMILES string of the molecule is CC[C@H]1C2=C3N(CCCC2)[C@H]([C@@H]2C[C@H](C)C(=O)O2)CC(=O)[C@]32[C@H](C)C(=O)O[C@H]12. The smallest absolute Gasteiger partial charge is 0.310 e. The minimum atomic E-state index is -0.831. The van der Waals surface area contributed by atoms with Gasteiger partial charge < -0.3 is 14.4 Å². The third-order valence-electron chi connectivity index (χ3n) is 8.00. The molecule has 3 fully saturated rings. The Morgan fingerprint density at radius 2 is 1.89 bits per heavy atom. The van der Waals surface area contributed by atoms with E-state index in [1.807, 2.05) is 13.8 Å². The van der Waals surface area contributed by atoms with Crippen LogP contribution in [0.15, 0.2) is 11.3 Å². The van der Waals surface area contributed by atoms with Gasteiger partial charge in [0.1, 0.15) is 17.6 Å². The van der Waals surface area contributed by atoms with Gasteiger partial charge in [0, 0.05) is 24.6 Å². The summed E-state index contributed by atoms with van der Waals surface area (Å²) < 4.78 is 11.6. The highest BCUT2D eigenvalue weighted by Crippen LogP contribution is 2.63. The molecule has 152 valence electrons. The summed E-state index contributed by atoms with van der Waals surface area (Å²) in [5.41, 5.74) is 1.55. The summed E-state index contributed by atoms with van der Waals surface area (Å²) in [6, 6.07) is -0.116. The Morgan fingerprint density at radius 3 is 2.57 bits per heavy atom. The lowest BCUT2D eigenvalue weighted by atomic mass is 9.65. The van der Waals surface area contributed by atoms with Crippen LogP contribution in [0.2, 0.25) is 0 Å². The summed E-state index contributed by atoms with van der Waals surface area (Å²) in [6.45, 7) is 6.73. The Hall–Kier alpha value is -1.85. The topological polar surface area (TPSA) is 72.9 Å². The number of cyclic esters (lactones) is 1. The number of hydrogen-bond acceptors (Lipinski definition) is 6. The number of esters is 2. The van der Waals surface area contributed by atoms with Crippen LogP contribution in [0.1, 0.15) is 59.3 Å². The second kappa shape index (κ2) is 6.07. The van der Waals surface area contributed by atoms with Gasteiger partial charge in [0.25, 0.3) is 0 Å². The number of hydrogen-bond donors (Lipinski definition) is 0. The van der Waals surface area contributed by atoms with Gasteiger partial charge in [-0.3, -0.25) is 14.4 Å². The normalized spacial score (nSPS) is 45.0. The van der Waals surface area contributed by atoms with E-state index in [1.165, 1.54) is 5.57 Å². The van der Waals surface area contributed by atoms with Crippen LogP contribution in [0.25, 0.3) is 0 Å². The average molecular weight is 387 g/mol. The van der Waals surface area contributed by atoms with Gasteiger partial charge >= 0.3 is 11.9 Å². The van der Waals surface area contributed by atoms with Gasteiger partial charge in [-0.1, -0.05) is 20.8 Å². The molecule has 1 aliphatic carbocycles. The van der Waals surface area contributed by atoms with E-state index in [9.17, 15) is 14.4 Å². The van der Waals surface area contributed by atoms with Gasteiger partial charge in [-0.2, -0.15) is 0 Å². The molecule has 0 unspecified atom stereocenters. The molecular weight excluding hydrogens is 358 g/mol. The van der Waals surface area contributed by atoms with E-state index in [2.05, 4.69) is 11.8 Å². The molecule has 0 amide bonds. The zero-order chi connectivity index (χ0) is 19.8. The minimum absolute atomic E-state index is 0.109. The van der Waals surface area contributed by atoms with Crippen LogP contribution in [0.5, 0.6) is 0 Å². The number of piperidine rings is 1. The van der Waals surface area contributed by atoms with Crippen LogP contribution < -0.4 is 0 Å². The Morgan fingerprint density at radius 1 is 1.11 bits per heavy atom. The second-order valence-electron chi connectivity index (χ2n) is 9.29. The van der Waals surface area contributed by atoms with Crippen LogP contribution in [0.3, 0.4) is 0 Å². The molecule has 6 heteroatoms. The number of Topliss-reactive ketones (excluding diaryl/α,β-unsaturated/α-hetero) is 1. The van der Waals surface area contributed by atoms with Crippen LogP contribution in [0, 0.1) is 23.2 Å². The fourth-order valence-electron chi connectivity index (χ4n) is 6.67. The van der Waals surface area contributed by atoms with Crippen molar-refractivity contribution in [2.24, 2.45) is 23.2 Å². The summed E-state index contributed by atoms with van der Waals surface area (Å²) in [7, 11) is 0. The fraction of sp³-hybridized carbons (Fsp3) is 0.773. The molecule has 0 aromatic carbocycles. The quantitative estimate of drug-likeness (QED) is 0.678. The van der Waals surface area contributed by atoms with E-state index in [0.29, 0.717) is 12.8 Å². The molecule has 28 heavy (non-hydrogen) atoms. The molecule has 0 N–H and O–H groups in total. The Labute approximate surface area is 165 Å². The van der Waals surface area contributed by atoms with Gasteiger partial charge in [0.05, 0.1) is 17.9 Å². The van der Waals surface area contributed by atoms with Crippen molar-refractivity contribution in [2.45, 2.75) is 77.5 Å². The number of carbonyl (C=O) groups excluding carboxylic acids is 3. The van der Waals surface area contributed by atoms with Crippen molar-refractivity contribution in [3.05, 3.63) is 11.3 Å². The van der Waals surface area contributed by atoms with Gasteiger partial charge in [-0.25, -0.2) is 0 Å². The molecular formula is C22H29NO5. The van der Waals surface area contributed by atoms with Crippen molar-refractivity contribution in [3.8, 4) is 0 Å². The highest BCUT2D eigenvalue weighted by Gasteiger charge is 2.71. The third kappa shape index (κ3) is 2.07. The standard InChI is InChI=1S/C22H29NO5/c1-4-13-14-7-5-6-8-23-15(16-9-11(2)20(25)27-16)10-17(24)22(18(14)23)12(3)21(26)28-19(13)22/h11-13,15-16,19H,4-10H2,1-3H3/t11-,12+,13-,15-,16-,19+,22+/m0/s1. The molecule has 5 rings (SSSR count). The van der Waals surface area contributed by atoms with Crippen molar-refractivity contribution in [3.63, 3.8) is 0 Å². The number of carbonyl (C=O) groups is 3.